The van der Waals surface area contributed by atoms with Crippen molar-refractivity contribution in [2.45, 2.75) is 12.6 Å². The van der Waals surface area contributed by atoms with Gasteiger partial charge in [0.05, 0.1) is 6.54 Å². The molecule has 1 rings (SSSR count). The van der Waals surface area contributed by atoms with Crippen LogP contribution in [-0.2, 0) is 4.79 Å². The number of rotatable bonds is 4. The molecule has 0 aromatic carbocycles. The highest BCUT2D eigenvalue weighted by Gasteiger charge is 2.34. The van der Waals surface area contributed by atoms with Gasteiger partial charge in [0.1, 0.15) is 5.88 Å². The lowest BCUT2D eigenvalue weighted by Crippen LogP contribution is -2.35. The van der Waals surface area contributed by atoms with Gasteiger partial charge >= 0.3 is 6.18 Å². The number of carbonyl (C=O) groups is 1. The topological polar surface area (TPSA) is 32.3 Å². The van der Waals surface area contributed by atoms with Gasteiger partial charge in [-0.1, -0.05) is 0 Å². The molecule has 0 aromatic rings. The minimum Gasteiger partial charge on any atom is -0.355 e. The summed E-state index contributed by atoms with van der Waals surface area (Å²) in [6.07, 6.45) is -3.47. The SMILES string of the molecule is O=C(CCl)NCC1CCN(CC(F)(F)F)C1. The van der Waals surface area contributed by atoms with E-state index in [-0.39, 0.29) is 17.7 Å². The number of nitrogens with one attached hydrogen (secondary N) is 1. The molecule has 1 amide bonds. The largest absolute Gasteiger partial charge is 0.401 e. The molecule has 0 aliphatic carbocycles. The number of nitrogens with zero attached hydrogens (tertiary/aromatic N) is 1. The number of hydrogen-bond acceptors (Lipinski definition) is 2. The molecule has 1 aliphatic heterocycles. The van der Waals surface area contributed by atoms with Crippen LogP contribution in [0.15, 0.2) is 0 Å². The van der Waals surface area contributed by atoms with E-state index in [2.05, 4.69) is 5.32 Å². The molecule has 0 saturated carbocycles. The van der Waals surface area contributed by atoms with Crippen LogP contribution in [-0.4, -0.2) is 49.0 Å². The van der Waals surface area contributed by atoms with Crippen LogP contribution in [0.3, 0.4) is 0 Å². The molecule has 1 atom stereocenters. The van der Waals surface area contributed by atoms with Gasteiger partial charge < -0.3 is 5.32 Å². The summed E-state index contributed by atoms with van der Waals surface area (Å²) < 4.78 is 36.2. The van der Waals surface area contributed by atoms with Crippen LogP contribution >= 0.6 is 11.6 Å². The van der Waals surface area contributed by atoms with Gasteiger partial charge in [0.15, 0.2) is 0 Å². The van der Waals surface area contributed by atoms with Crippen molar-refractivity contribution in [3.05, 3.63) is 0 Å². The molecule has 7 heteroatoms. The van der Waals surface area contributed by atoms with Crippen molar-refractivity contribution in [1.82, 2.24) is 10.2 Å². The monoisotopic (exact) mass is 258 g/mol. The quantitative estimate of drug-likeness (QED) is 0.769. The zero-order chi connectivity index (χ0) is 12.2. The van der Waals surface area contributed by atoms with E-state index in [1.807, 2.05) is 0 Å². The van der Waals surface area contributed by atoms with Crippen molar-refractivity contribution in [1.29, 1.82) is 0 Å². The number of likely N-dealkylation sites (tertiary alicyclic amines) is 1. The predicted molar refractivity (Wildman–Crippen MR) is 54.3 cm³/mol. The molecule has 0 aromatic heterocycles. The molecule has 1 aliphatic rings. The molecular weight excluding hydrogens is 245 g/mol. The summed E-state index contributed by atoms with van der Waals surface area (Å²) in [5.74, 6) is -0.302. The fourth-order valence-electron chi connectivity index (χ4n) is 1.78. The number of amides is 1. The fourth-order valence-corrected chi connectivity index (χ4v) is 1.88. The van der Waals surface area contributed by atoms with Crippen LogP contribution in [0.2, 0.25) is 0 Å². The summed E-state index contributed by atoms with van der Waals surface area (Å²) in [6, 6.07) is 0. The Balaban J connectivity index is 2.22. The van der Waals surface area contributed by atoms with Crippen molar-refractivity contribution < 1.29 is 18.0 Å². The first-order valence-corrected chi connectivity index (χ1v) is 5.56. The van der Waals surface area contributed by atoms with E-state index < -0.39 is 12.7 Å². The van der Waals surface area contributed by atoms with Crippen LogP contribution < -0.4 is 5.32 Å². The molecule has 16 heavy (non-hydrogen) atoms. The average Bonchev–Trinajstić information content (AvgIpc) is 2.59. The van der Waals surface area contributed by atoms with Crippen molar-refractivity contribution in [3.8, 4) is 0 Å². The Labute approximate surface area is 96.9 Å². The minimum absolute atomic E-state index is 0.0921. The molecule has 94 valence electrons. The summed E-state index contributed by atoms with van der Waals surface area (Å²) >= 11 is 5.28. The summed E-state index contributed by atoms with van der Waals surface area (Å²) in [4.78, 5) is 12.2. The fraction of sp³-hybridized carbons (Fsp3) is 0.889. The lowest BCUT2D eigenvalue weighted by molar-refractivity contribution is -0.143. The second kappa shape index (κ2) is 5.72. The zero-order valence-electron chi connectivity index (χ0n) is 8.69. The summed E-state index contributed by atoms with van der Waals surface area (Å²) in [7, 11) is 0. The standard InChI is InChI=1S/C9H14ClF3N2O/c10-3-8(16)14-4-7-1-2-15(5-7)6-9(11,12)13/h7H,1-6H2,(H,14,16). The Kier molecular flexibility index (Phi) is 4.86. The second-order valence-corrected chi connectivity index (χ2v) is 4.21. The van der Waals surface area contributed by atoms with Gasteiger partial charge in [-0.05, 0) is 18.9 Å². The lowest BCUT2D eigenvalue weighted by Gasteiger charge is -2.17. The zero-order valence-corrected chi connectivity index (χ0v) is 9.44. The average molecular weight is 259 g/mol. The van der Waals surface area contributed by atoms with E-state index in [9.17, 15) is 18.0 Å². The number of hydrogen-bond donors (Lipinski definition) is 1. The molecule has 0 spiro atoms. The van der Waals surface area contributed by atoms with Gasteiger partial charge in [0.25, 0.3) is 0 Å². The highest BCUT2D eigenvalue weighted by atomic mass is 35.5. The molecule has 3 nitrogen and oxygen atoms in total. The highest BCUT2D eigenvalue weighted by molar-refractivity contribution is 6.27. The maximum absolute atomic E-state index is 12.1. The van der Waals surface area contributed by atoms with Crippen LogP contribution in [0.5, 0.6) is 0 Å². The maximum Gasteiger partial charge on any atom is 0.401 e. The summed E-state index contributed by atoms with van der Waals surface area (Å²) in [5.41, 5.74) is 0. The Morgan fingerprint density at radius 1 is 1.50 bits per heavy atom. The molecule has 1 unspecified atom stereocenters. The third-order valence-corrected chi connectivity index (χ3v) is 2.72. The van der Waals surface area contributed by atoms with E-state index in [0.29, 0.717) is 26.1 Å². The molecule has 1 fully saturated rings. The van der Waals surface area contributed by atoms with Crippen LogP contribution in [0.4, 0.5) is 13.2 Å². The third-order valence-electron chi connectivity index (χ3n) is 2.48. The molecular formula is C9H14ClF3N2O. The number of halogens is 4. The van der Waals surface area contributed by atoms with E-state index in [1.54, 1.807) is 0 Å². The molecule has 0 bridgehead atoms. The molecule has 1 N–H and O–H groups in total. The Morgan fingerprint density at radius 3 is 2.75 bits per heavy atom. The van der Waals surface area contributed by atoms with E-state index in [1.165, 1.54) is 4.90 Å². The number of carbonyl (C=O) groups excluding carboxylic acids is 1. The maximum atomic E-state index is 12.1. The van der Waals surface area contributed by atoms with Crippen molar-refractivity contribution in [2.75, 3.05) is 32.1 Å². The van der Waals surface area contributed by atoms with Gasteiger partial charge in [-0.2, -0.15) is 13.2 Å². The van der Waals surface area contributed by atoms with E-state index >= 15 is 0 Å². The number of alkyl halides is 4. The molecule has 0 radical (unpaired) electrons. The first kappa shape index (κ1) is 13.6. The van der Waals surface area contributed by atoms with Gasteiger partial charge in [-0.25, -0.2) is 0 Å². The second-order valence-electron chi connectivity index (χ2n) is 3.94. The normalized spacial score (nSPS) is 22.4. The minimum atomic E-state index is -4.14. The Morgan fingerprint density at radius 2 is 2.19 bits per heavy atom. The summed E-state index contributed by atoms with van der Waals surface area (Å²) in [6.45, 7) is 0.343. The molecule has 1 saturated heterocycles. The summed E-state index contributed by atoms with van der Waals surface area (Å²) in [5, 5.41) is 2.58. The van der Waals surface area contributed by atoms with Gasteiger partial charge in [-0.15, -0.1) is 11.6 Å². The van der Waals surface area contributed by atoms with Crippen LogP contribution in [0.1, 0.15) is 6.42 Å². The molecule has 1 heterocycles. The predicted octanol–water partition coefficient (Wildman–Crippen LogP) is 1.23. The first-order valence-electron chi connectivity index (χ1n) is 5.02. The smallest absolute Gasteiger partial charge is 0.355 e. The van der Waals surface area contributed by atoms with Crippen molar-refractivity contribution >= 4 is 17.5 Å². The Hall–Kier alpha value is -0.490. The third kappa shape index (κ3) is 5.03. The van der Waals surface area contributed by atoms with Gasteiger partial charge in [0.2, 0.25) is 5.91 Å². The van der Waals surface area contributed by atoms with Gasteiger partial charge in [0, 0.05) is 13.1 Å². The van der Waals surface area contributed by atoms with Crippen molar-refractivity contribution in [2.24, 2.45) is 5.92 Å². The van der Waals surface area contributed by atoms with E-state index in [0.717, 1.165) is 0 Å². The Bertz CT molecular complexity index is 247. The van der Waals surface area contributed by atoms with Gasteiger partial charge in [-0.3, -0.25) is 9.69 Å². The van der Waals surface area contributed by atoms with Crippen LogP contribution in [0.25, 0.3) is 0 Å². The van der Waals surface area contributed by atoms with Crippen molar-refractivity contribution in [3.63, 3.8) is 0 Å². The lowest BCUT2D eigenvalue weighted by atomic mass is 10.1. The highest BCUT2D eigenvalue weighted by Crippen LogP contribution is 2.22. The van der Waals surface area contributed by atoms with E-state index in [4.69, 9.17) is 11.6 Å². The first-order chi connectivity index (χ1) is 7.40. The van der Waals surface area contributed by atoms with Crippen LogP contribution in [0, 0.1) is 5.92 Å².